The molecule has 1 heteroatoms. The Morgan fingerprint density at radius 3 is 2.80 bits per heavy atom. The fourth-order valence-corrected chi connectivity index (χ4v) is 0.724. The summed E-state index contributed by atoms with van der Waals surface area (Å²) < 4.78 is 0. The SMILES string of the molecule is C#CCCC(C=C)CC=O. The van der Waals surface area contributed by atoms with Crippen LogP contribution in [0.4, 0.5) is 0 Å². The number of carbonyl (C=O) groups excluding carboxylic acids is 1. The lowest BCUT2D eigenvalue weighted by atomic mass is 10.0. The number of rotatable bonds is 5. The maximum Gasteiger partial charge on any atom is 0.120 e. The summed E-state index contributed by atoms with van der Waals surface area (Å²) >= 11 is 0. The van der Waals surface area contributed by atoms with Crippen LogP contribution in [0.1, 0.15) is 19.3 Å². The summed E-state index contributed by atoms with van der Waals surface area (Å²) in [5.41, 5.74) is 0. The van der Waals surface area contributed by atoms with Crippen molar-refractivity contribution in [2.75, 3.05) is 0 Å². The molecular weight excluding hydrogens is 124 g/mol. The number of aldehydes is 1. The molecule has 1 unspecified atom stereocenters. The van der Waals surface area contributed by atoms with Gasteiger partial charge in [0.25, 0.3) is 0 Å². The van der Waals surface area contributed by atoms with E-state index >= 15 is 0 Å². The molecule has 0 rings (SSSR count). The van der Waals surface area contributed by atoms with Crippen LogP contribution in [0.15, 0.2) is 12.7 Å². The summed E-state index contributed by atoms with van der Waals surface area (Å²) in [4.78, 5) is 10.0. The molecule has 0 bridgehead atoms. The van der Waals surface area contributed by atoms with Gasteiger partial charge in [-0.3, -0.25) is 0 Å². The Bertz CT molecular complexity index is 141. The second-order valence-corrected chi connectivity index (χ2v) is 2.14. The van der Waals surface area contributed by atoms with Crippen molar-refractivity contribution in [3.8, 4) is 12.3 Å². The Balaban J connectivity index is 3.51. The van der Waals surface area contributed by atoms with Crippen molar-refractivity contribution >= 4 is 6.29 Å². The molecule has 54 valence electrons. The topological polar surface area (TPSA) is 17.1 Å². The van der Waals surface area contributed by atoms with E-state index in [1.165, 1.54) is 0 Å². The summed E-state index contributed by atoms with van der Waals surface area (Å²) in [6, 6.07) is 0. The molecule has 1 atom stereocenters. The molecule has 0 aliphatic rings. The van der Waals surface area contributed by atoms with Crippen LogP contribution in [0.2, 0.25) is 0 Å². The quantitative estimate of drug-likeness (QED) is 0.320. The average Bonchev–Trinajstić information content (AvgIpc) is 1.98. The zero-order valence-electron chi connectivity index (χ0n) is 6.05. The van der Waals surface area contributed by atoms with Gasteiger partial charge in [0, 0.05) is 12.8 Å². The minimum atomic E-state index is 0.272. The molecule has 10 heavy (non-hydrogen) atoms. The van der Waals surface area contributed by atoms with Crippen molar-refractivity contribution in [1.29, 1.82) is 0 Å². The van der Waals surface area contributed by atoms with Crippen molar-refractivity contribution in [2.45, 2.75) is 19.3 Å². The van der Waals surface area contributed by atoms with Crippen LogP contribution in [-0.2, 0) is 4.79 Å². The van der Waals surface area contributed by atoms with Gasteiger partial charge >= 0.3 is 0 Å². The first-order valence-electron chi connectivity index (χ1n) is 3.34. The molecule has 0 heterocycles. The van der Waals surface area contributed by atoms with Gasteiger partial charge in [0.15, 0.2) is 0 Å². The molecule has 0 saturated heterocycles. The van der Waals surface area contributed by atoms with E-state index in [0.29, 0.717) is 6.42 Å². The molecule has 0 radical (unpaired) electrons. The van der Waals surface area contributed by atoms with Crippen molar-refractivity contribution < 1.29 is 4.79 Å². The van der Waals surface area contributed by atoms with Crippen molar-refractivity contribution in [1.82, 2.24) is 0 Å². The van der Waals surface area contributed by atoms with Crippen LogP contribution in [-0.4, -0.2) is 6.29 Å². The highest BCUT2D eigenvalue weighted by Crippen LogP contribution is 2.09. The Labute approximate surface area is 62.1 Å². The Kier molecular flexibility index (Phi) is 5.47. The lowest BCUT2D eigenvalue weighted by Gasteiger charge is -2.03. The van der Waals surface area contributed by atoms with Crippen LogP contribution < -0.4 is 0 Å². The number of hydrogen-bond acceptors (Lipinski definition) is 1. The normalized spacial score (nSPS) is 11.5. The fourth-order valence-electron chi connectivity index (χ4n) is 0.724. The van der Waals surface area contributed by atoms with Gasteiger partial charge < -0.3 is 4.79 Å². The van der Waals surface area contributed by atoms with Crippen LogP contribution in [0.25, 0.3) is 0 Å². The summed E-state index contributed by atoms with van der Waals surface area (Å²) in [7, 11) is 0. The van der Waals surface area contributed by atoms with Gasteiger partial charge in [-0.25, -0.2) is 0 Å². The highest BCUT2D eigenvalue weighted by Gasteiger charge is 2.00. The monoisotopic (exact) mass is 136 g/mol. The first-order chi connectivity index (χ1) is 4.85. The summed E-state index contributed by atoms with van der Waals surface area (Å²) in [6.45, 7) is 3.61. The molecule has 0 aromatic heterocycles. The van der Waals surface area contributed by atoms with Gasteiger partial charge in [-0.05, 0) is 12.3 Å². The second kappa shape index (κ2) is 6.10. The number of terminal acetylenes is 1. The fraction of sp³-hybridized carbons (Fsp3) is 0.444. The third-order valence-corrected chi connectivity index (χ3v) is 1.39. The second-order valence-electron chi connectivity index (χ2n) is 2.14. The predicted molar refractivity (Wildman–Crippen MR) is 42.4 cm³/mol. The first kappa shape index (κ1) is 8.97. The van der Waals surface area contributed by atoms with Crippen LogP contribution in [0.3, 0.4) is 0 Å². The zero-order chi connectivity index (χ0) is 7.82. The molecule has 0 saturated carbocycles. The Morgan fingerprint density at radius 1 is 1.70 bits per heavy atom. The Morgan fingerprint density at radius 2 is 2.40 bits per heavy atom. The molecule has 0 aromatic carbocycles. The standard InChI is InChI=1S/C9H12O/c1-3-5-6-9(4-2)7-8-10/h1,4,8-9H,2,5-7H2. The smallest absolute Gasteiger partial charge is 0.120 e. The van der Waals surface area contributed by atoms with Crippen LogP contribution in [0.5, 0.6) is 0 Å². The third kappa shape index (κ3) is 3.91. The zero-order valence-corrected chi connectivity index (χ0v) is 6.05. The highest BCUT2D eigenvalue weighted by molar-refractivity contribution is 5.50. The molecule has 0 aliphatic carbocycles. The van der Waals surface area contributed by atoms with Crippen LogP contribution >= 0.6 is 0 Å². The molecule has 0 fully saturated rings. The molecule has 0 aliphatic heterocycles. The third-order valence-electron chi connectivity index (χ3n) is 1.39. The van der Waals surface area contributed by atoms with E-state index in [1.807, 2.05) is 0 Å². The maximum atomic E-state index is 10.0. The lowest BCUT2D eigenvalue weighted by Crippen LogP contribution is -1.95. The van der Waals surface area contributed by atoms with Gasteiger partial charge in [0.2, 0.25) is 0 Å². The molecule has 0 aromatic rings. The van der Waals surface area contributed by atoms with E-state index < -0.39 is 0 Å². The molecule has 0 N–H and O–H groups in total. The van der Waals surface area contributed by atoms with E-state index in [2.05, 4.69) is 12.5 Å². The van der Waals surface area contributed by atoms with Crippen LogP contribution in [0, 0.1) is 18.3 Å². The minimum Gasteiger partial charge on any atom is -0.303 e. The van der Waals surface area contributed by atoms with Gasteiger partial charge in [-0.1, -0.05) is 6.08 Å². The Hall–Kier alpha value is -1.03. The molecule has 0 amide bonds. The van der Waals surface area contributed by atoms with E-state index in [1.54, 1.807) is 6.08 Å². The molecule has 0 spiro atoms. The number of allylic oxidation sites excluding steroid dienone is 1. The molecular formula is C9H12O. The van der Waals surface area contributed by atoms with E-state index in [0.717, 1.165) is 19.1 Å². The predicted octanol–water partition coefficient (Wildman–Crippen LogP) is 1.79. The number of hydrogen-bond donors (Lipinski definition) is 0. The lowest BCUT2D eigenvalue weighted by molar-refractivity contribution is -0.108. The van der Waals surface area contributed by atoms with E-state index in [-0.39, 0.29) is 5.92 Å². The van der Waals surface area contributed by atoms with Gasteiger partial charge in [-0.2, -0.15) is 0 Å². The molecule has 1 nitrogen and oxygen atoms in total. The average molecular weight is 136 g/mol. The summed E-state index contributed by atoms with van der Waals surface area (Å²) in [5, 5.41) is 0. The summed E-state index contributed by atoms with van der Waals surface area (Å²) in [6.07, 6.45) is 9.89. The minimum absolute atomic E-state index is 0.272. The van der Waals surface area contributed by atoms with Gasteiger partial charge in [0.05, 0.1) is 0 Å². The van der Waals surface area contributed by atoms with Crippen molar-refractivity contribution in [2.24, 2.45) is 5.92 Å². The first-order valence-corrected chi connectivity index (χ1v) is 3.34. The largest absolute Gasteiger partial charge is 0.303 e. The maximum absolute atomic E-state index is 10.0. The van der Waals surface area contributed by atoms with E-state index in [9.17, 15) is 4.79 Å². The van der Waals surface area contributed by atoms with Gasteiger partial charge in [0.1, 0.15) is 6.29 Å². The van der Waals surface area contributed by atoms with E-state index in [4.69, 9.17) is 6.42 Å². The highest BCUT2D eigenvalue weighted by atomic mass is 16.1. The number of carbonyl (C=O) groups is 1. The van der Waals surface area contributed by atoms with Crippen molar-refractivity contribution in [3.05, 3.63) is 12.7 Å². The summed E-state index contributed by atoms with van der Waals surface area (Å²) in [5.74, 6) is 2.80. The van der Waals surface area contributed by atoms with Gasteiger partial charge in [-0.15, -0.1) is 18.9 Å². The van der Waals surface area contributed by atoms with Crippen molar-refractivity contribution in [3.63, 3.8) is 0 Å².